The Kier molecular flexibility index (Phi) is 3.79. The predicted octanol–water partition coefficient (Wildman–Crippen LogP) is 0.919. The molecule has 4 nitrogen and oxygen atoms in total. The molecule has 0 bridgehead atoms. The third-order valence-corrected chi connectivity index (χ3v) is 5.67. The third-order valence-electron chi connectivity index (χ3n) is 3.30. The standard InChI is InChI=1S/C12H18N2O2S/c13-11(8-10-4-3-6-14-9-10)12-5-1-2-7-17(12,15)16/h3-4,6,9,11-12H,1-2,5,7-8,13H2. The van der Waals surface area contributed by atoms with Gasteiger partial charge in [0.05, 0.1) is 11.0 Å². The minimum Gasteiger partial charge on any atom is -0.326 e. The number of rotatable bonds is 3. The van der Waals surface area contributed by atoms with E-state index in [1.54, 1.807) is 12.4 Å². The van der Waals surface area contributed by atoms with Gasteiger partial charge >= 0.3 is 0 Å². The van der Waals surface area contributed by atoms with E-state index in [1.165, 1.54) is 0 Å². The number of hydrogen-bond donors (Lipinski definition) is 1. The second kappa shape index (κ2) is 5.14. The van der Waals surface area contributed by atoms with Crippen LogP contribution in [0, 0.1) is 0 Å². The van der Waals surface area contributed by atoms with Crippen LogP contribution in [0.4, 0.5) is 0 Å². The molecule has 2 atom stereocenters. The van der Waals surface area contributed by atoms with Gasteiger partial charge in [0, 0.05) is 18.4 Å². The van der Waals surface area contributed by atoms with E-state index in [4.69, 9.17) is 5.73 Å². The van der Waals surface area contributed by atoms with Crippen molar-refractivity contribution in [1.82, 2.24) is 4.98 Å². The number of sulfone groups is 1. The Balaban J connectivity index is 2.07. The zero-order valence-electron chi connectivity index (χ0n) is 9.75. The Labute approximate surface area is 102 Å². The van der Waals surface area contributed by atoms with Gasteiger partial charge in [0.2, 0.25) is 0 Å². The largest absolute Gasteiger partial charge is 0.326 e. The van der Waals surface area contributed by atoms with Crippen molar-refractivity contribution in [2.45, 2.75) is 37.0 Å². The Bertz CT molecular complexity index is 459. The number of nitrogens with two attached hydrogens (primary N) is 1. The van der Waals surface area contributed by atoms with E-state index < -0.39 is 9.84 Å². The lowest BCUT2D eigenvalue weighted by Crippen LogP contribution is -2.44. The highest BCUT2D eigenvalue weighted by molar-refractivity contribution is 7.92. The molecule has 0 aliphatic carbocycles. The fraction of sp³-hybridized carbons (Fsp3) is 0.583. The van der Waals surface area contributed by atoms with Gasteiger partial charge in [-0.25, -0.2) is 8.42 Å². The smallest absolute Gasteiger partial charge is 0.154 e. The molecule has 2 rings (SSSR count). The molecule has 2 heterocycles. The topological polar surface area (TPSA) is 73.0 Å². The van der Waals surface area contributed by atoms with Crippen LogP contribution in [-0.4, -0.2) is 30.4 Å². The van der Waals surface area contributed by atoms with E-state index in [-0.39, 0.29) is 11.3 Å². The molecular formula is C12H18N2O2S. The van der Waals surface area contributed by atoms with Crippen molar-refractivity contribution in [3.63, 3.8) is 0 Å². The molecule has 0 amide bonds. The normalized spacial score (nSPS) is 25.4. The summed E-state index contributed by atoms with van der Waals surface area (Å²) in [5, 5.41) is -0.378. The minimum absolute atomic E-state index is 0.290. The van der Waals surface area contributed by atoms with Crippen LogP contribution in [-0.2, 0) is 16.3 Å². The average Bonchev–Trinajstić information content (AvgIpc) is 2.29. The maximum absolute atomic E-state index is 11.9. The van der Waals surface area contributed by atoms with Gasteiger partial charge in [0.1, 0.15) is 0 Å². The highest BCUT2D eigenvalue weighted by Crippen LogP contribution is 2.23. The molecule has 1 fully saturated rings. The maximum atomic E-state index is 11.9. The Hall–Kier alpha value is -0.940. The van der Waals surface area contributed by atoms with E-state index in [0.29, 0.717) is 18.6 Å². The molecule has 1 saturated heterocycles. The van der Waals surface area contributed by atoms with E-state index in [1.807, 2.05) is 12.1 Å². The number of nitrogens with zero attached hydrogens (tertiary/aromatic N) is 1. The zero-order chi connectivity index (χ0) is 12.3. The SMILES string of the molecule is NC(Cc1cccnc1)C1CCCCS1(=O)=O. The van der Waals surface area contributed by atoms with E-state index in [2.05, 4.69) is 4.98 Å². The van der Waals surface area contributed by atoms with Crippen molar-refractivity contribution >= 4 is 9.84 Å². The van der Waals surface area contributed by atoms with E-state index in [0.717, 1.165) is 18.4 Å². The van der Waals surface area contributed by atoms with Crippen LogP contribution < -0.4 is 5.73 Å². The highest BCUT2D eigenvalue weighted by Gasteiger charge is 2.33. The summed E-state index contributed by atoms with van der Waals surface area (Å²) in [6.07, 6.45) is 6.46. The molecular weight excluding hydrogens is 236 g/mol. The molecule has 0 spiro atoms. The second-order valence-electron chi connectivity index (χ2n) is 4.63. The first-order valence-corrected chi connectivity index (χ1v) is 7.67. The van der Waals surface area contributed by atoms with Crippen LogP contribution >= 0.6 is 0 Å². The number of pyridine rings is 1. The van der Waals surface area contributed by atoms with Crippen molar-refractivity contribution < 1.29 is 8.42 Å². The summed E-state index contributed by atoms with van der Waals surface area (Å²) in [6.45, 7) is 0. The van der Waals surface area contributed by atoms with Gasteiger partial charge in [-0.1, -0.05) is 12.5 Å². The van der Waals surface area contributed by atoms with Gasteiger partial charge in [-0.3, -0.25) is 4.98 Å². The predicted molar refractivity (Wildman–Crippen MR) is 67.3 cm³/mol. The van der Waals surface area contributed by atoms with Gasteiger partial charge < -0.3 is 5.73 Å². The van der Waals surface area contributed by atoms with Gasteiger partial charge in [-0.05, 0) is 30.9 Å². The third kappa shape index (κ3) is 3.04. The molecule has 5 heteroatoms. The highest BCUT2D eigenvalue weighted by atomic mass is 32.2. The molecule has 0 saturated carbocycles. The molecule has 0 aromatic carbocycles. The summed E-state index contributed by atoms with van der Waals surface area (Å²) in [5.74, 6) is 0.290. The molecule has 2 unspecified atom stereocenters. The van der Waals surface area contributed by atoms with Crippen LogP contribution in [0.1, 0.15) is 24.8 Å². The maximum Gasteiger partial charge on any atom is 0.154 e. The average molecular weight is 254 g/mol. The Morgan fingerprint density at radius 2 is 2.29 bits per heavy atom. The first-order chi connectivity index (χ1) is 8.09. The summed E-state index contributed by atoms with van der Waals surface area (Å²) in [6, 6.07) is 3.46. The van der Waals surface area contributed by atoms with Gasteiger partial charge in [0.25, 0.3) is 0 Å². The van der Waals surface area contributed by atoms with Crippen LogP contribution in [0.5, 0.6) is 0 Å². The first kappa shape index (κ1) is 12.5. The van der Waals surface area contributed by atoms with Gasteiger partial charge in [-0.2, -0.15) is 0 Å². The zero-order valence-corrected chi connectivity index (χ0v) is 10.6. The van der Waals surface area contributed by atoms with Crippen LogP contribution in [0.15, 0.2) is 24.5 Å². The minimum atomic E-state index is -2.99. The molecule has 1 aliphatic rings. The molecule has 17 heavy (non-hydrogen) atoms. The van der Waals surface area contributed by atoms with Crippen molar-refractivity contribution in [2.24, 2.45) is 5.73 Å². The summed E-state index contributed by atoms with van der Waals surface area (Å²) < 4.78 is 23.8. The summed E-state index contributed by atoms with van der Waals surface area (Å²) in [7, 11) is -2.99. The van der Waals surface area contributed by atoms with Crippen LogP contribution in [0.2, 0.25) is 0 Å². The van der Waals surface area contributed by atoms with Gasteiger partial charge in [0.15, 0.2) is 9.84 Å². The Morgan fingerprint density at radius 3 is 2.94 bits per heavy atom. The van der Waals surface area contributed by atoms with Crippen LogP contribution in [0.25, 0.3) is 0 Å². The quantitative estimate of drug-likeness (QED) is 0.870. The lowest BCUT2D eigenvalue weighted by Gasteiger charge is -2.27. The molecule has 2 N–H and O–H groups in total. The lowest BCUT2D eigenvalue weighted by molar-refractivity contribution is 0.495. The van der Waals surface area contributed by atoms with Crippen molar-refractivity contribution in [2.75, 3.05) is 5.75 Å². The van der Waals surface area contributed by atoms with Crippen molar-refractivity contribution in [1.29, 1.82) is 0 Å². The van der Waals surface area contributed by atoms with Crippen molar-refractivity contribution in [3.05, 3.63) is 30.1 Å². The Morgan fingerprint density at radius 1 is 1.47 bits per heavy atom. The second-order valence-corrected chi connectivity index (χ2v) is 6.97. The molecule has 1 aromatic heterocycles. The summed E-state index contributed by atoms with van der Waals surface area (Å²) >= 11 is 0. The molecule has 1 aromatic rings. The fourth-order valence-corrected chi connectivity index (χ4v) is 4.45. The number of aromatic nitrogens is 1. The molecule has 0 radical (unpaired) electrons. The summed E-state index contributed by atoms with van der Waals surface area (Å²) in [4.78, 5) is 4.01. The lowest BCUT2D eigenvalue weighted by atomic mass is 10.0. The summed E-state index contributed by atoms with van der Waals surface area (Å²) in [5.41, 5.74) is 7.05. The molecule has 1 aliphatic heterocycles. The van der Waals surface area contributed by atoms with E-state index in [9.17, 15) is 8.42 Å². The van der Waals surface area contributed by atoms with Crippen LogP contribution in [0.3, 0.4) is 0 Å². The van der Waals surface area contributed by atoms with Crippen molar-refractivity contribution in [3.8, 4) is 0 Å². The first-order valence-electron chi connectivity index (χ1n) is 5.95. The monoisotopic (exact) mass is 254 g/mol. The fourth-order valence-electron chi connectivity index (χ4n) is 2.38. The van der Waals surface area contributed by atoms with Gasteiger partial charge in [-0.15, -0.1) is 0 Å². The number of hydrogen-bond acceptors (Lipinski definition) is 4. The van der Waals surface area contributed by atoms with E-state index >= 15 is 0 Å². The molecule has 94 valence electrons.